The molecular weight excluding hydrogens is 607 g/mol. The Labute approximate surface area is 293 Å². The number of benzene rings is 6. The lowest BCUT2D eigenvalue weighted by molar-refractivity contribution is 0.353. The van der Waals surface area contributed by atoms with Gasteiger partial charge >= 0.3 is 0 Å². The van der Waals surface area contributed by atoms with Crippen molar-refractivity contribution in [2.75, 3.05) is 0 Å². The van der Waals surface area contributed by atoms with Gasteiger partial charge in [0.05, 0.1) is 23.0 Å². The highest BCUT2D eigenvalue weighted by molar-refractivity contribution is 5.93. The second-order valence-electron chi connectivity index (χ2n) is 13.6. The van der Waals surface area contributed by atoms with Gasteiger partial charge in [0.15, 0.2) is 5.82 Å². The Morgan fingerprint density at radius 1 is 0.460 bits per heavy atom. The molecule has 6 aromatic carbocycles. The molecule has 0 amide bonds. The van der Waals surface area contributed by atoms with Crippen molar-refractivity contribution in [1.29, 1.82) is 5.26 Å². The molecule has 0 saturated heterocycles. The highest BCUT2D eigenvalue weighted by Gasteiger charge is 2.44. The Hall–Kier alpha value is -6.11. The summed E-state index contributed by atoms with van der Waals surface area (Å²) in [7, 11) is 0. The van der Waals surface area contributed by atoms with Crippen LogP contribution in [0.3, 0.4) is 0 Å². The largest absolute Gasteiger partial charge is 0.228 e. The first-order valence-electron chi connectivity index (χ1n) is 17.6. The van der Waals surface area contributed by atoms with Crippen molar-refractivity contribution >= 4 is 0 Å². The average molecular weight is 642 g/mol. The molecule has 0 bridgehead atoms. The fraction of sp³-hybridized carbons (Fsp3) is 0.128. The van der Waals surface area contributed by atoms with Crippen molar-refractivity contribution in [3.05, 3.63) is 168 Å². The molecule has 1 heterocycles. The van der Waals surface area contributed by atoms with Gasteiger partial charge in [0.2, 0.25) is 0 Å². The molecule has 3 nitrogen and oxygen atoms in total. The third-order valence-electron chi connectivity index (χ3n) is 10.8. The highest BCUT2D eigenvalue weighted by atomic mass is 14.9. The summed E-state index contributed by atoms with van der Waals surface area (Å²) in [5.41, 5.74) is 15.9. The van der Waals surface area contributed by atoms with Crippen LogP contribution in [0.15, 0.2) is 152 Å². The minimum atomic E-state index is 0.0575. The topological polar surface area (TPSA) is 49.6 Å². The van der Waals surface area contributed by atoms with E-state index >= 15 is 0 Å². The van der Waals surface area contributed by atoms with Gasteiger partial charge < -0.3 is 0 Å². The van der Waals surface area contributed by atoms with E-state index in [-0.39, 0.29) is 5.41 Å². The molecule has 1 saturated carbocycles. The summed E-state index contributed by atoms with van der Waals surface area (Å²) in [5, 5.41) is 9.79. The molecule has 0 radical (unpaired) electrons. The van der Waals surface area contributed by atoms with Gasteiger partial charge in [-0.2, -0.15) is 5.26 Å². The van der Waals surface area contributed by atoms with Crippen LogP contribution >= 0.6 is 0 Å². The number of hydrogen-bond acceptors (Lipinski definition) is 3. The minimum absolute atomic E-state index is 0.0575. The number of nitrogens with zero attached hydrogens (tertiary/aromatic N) is 3. The Kier molecular flexibility index (Phi) is 7.44. The van der Waals surface area contributed by atoms with Gasteiger partial charge in [0.1, 0.15) is 0 Å². The Morgan fingerprint density at radius 3 is 1.68 bits per heavy atom. The van der Waals surface area contributed by atoms with Gasteiger partial charge in [-0.3, -0.25) is 0 Å². The van der Waals surface area contributed by atoms with Gasteiger partial charge in [-0.25, -0.2) is 9.97 Å². The lowest BCUT2D eigenvalue weighted by Crippen LogP contribution is -2.28. The van der Waals surface area contributed by atoms with E-state index in [2.05, 4.69) is 115 Å². The van der Waals surface area contributed by atoms with Crippen LogP contribution in [0.25, 0.3) is 67.3 Å². The first-order chi connectivity index (χ1) is 24.7. The third-order valence-corrected chi connectivity index (χ3v) is 10.8. The molecule has 0 N–H and O–H groups in total. The molecule has 9 rings (SSSR count). The zero-order valence-electron chi connectivity index (χ0n) is 27.8. The van der Waals surface area contributed by atoms with E-state index < -0.39 is 0 Å². The number of nitriles is 1. The van der Waals surface area contributed by atoms with E-state index in [0.29, 0.717) is 0 Å². The van der Waals surface area contributed by atoms with Crippen LogP contribution in [0.1, 0.15) is 48.8 Å². The van der Waals surface area contributed by atoms with Crippen molar-refractivity contribution in [3.8, 4) is 73.4 Å². The molecule has 2 aliphatic carbocycles. The average Bonchev–Trinajstić information content (AvgIpc) is 3.46. The molecule has 50 heavy (non-hydrogen) atoms. The second kappa shape index (κ2) is 12.4. The van der Waals surface area contributed by atoms with E-state index in [1.54, 1.807) is 0 Å². The molecule has 3 heteroatoms. The summed E-state index contributed by atoms with van der Waals surface area (Å²) in [6.45, 7) is 0. The summed E-state index contributed by atoms with van der Waals surface area (Å²) >= 11 is 0. The van der Waals surface area contributed by atoms with Gasteiger partial charge in [0.25, 0.3) is 0 Å². The molecule has 1 spiro atoms. The van der Waals surface area contributed by atoms with Crippen LogP contribution in [-0.4, -0.2) is 9.97 Å². The van der Waals surface area contributed by atoms with Crippen LogP contribution in [0.5, 0.6) is 0 Å². The van der Waals surface area contributed by atoms with E-state index in [1.165, 1.54) is 71.0 Å². The maximum Gasteiger partial charge on any atom is 0.160 e. The Balaban J connectivity index is 1.06. The molecule has 2 aliphatic rings. The van der Waals surface area contributed by atoms with E-state index in [1.807, 2.05) is 42.5 Å². The van der Waals surface area contributed by atoms with Crippen LogP contribution in [0, 0.1) is 11.3 Å². The summed E-state index contributed by atoms with van der Waals surface area (Å²) in [6.07, 6.45) is 6.14. The van der Waals surface area contributed by atoms with Gasteiger partial charge in [0, 0.05) is 22.1 Å². The van der Waals surface area contributed by atoms with Crippen molar-refractivity contribution in [2.24, 2.45) is 0 Å². The van der Waals surface area contributed by atoms with Gasteiger partial charge in [-0.1, -0.05) is 153 Å². The van der Waals surface area contributed by atoms with Crippen molar-refractivity contribution in [2.45, 2.75) is 37.5 Å². The minimum Gasteiger partial charge on any atom is -0.228 e. The Bertz CT molecular complexity index is 2320. The number of aromatic nitrogens is 2. The molecular formula is C47H35N3. The fourth-order valence-electron chi connectivity index (χ4n) is 8.30. The van der Waals surface area contributed by atoms with Gasteiger partial charge in [-0.05, 0) is 75.5 Å². The predicted molar refractivity (Wildman–Crippen MR) is 203 cm³/mol. The standard InChI is InChI=1S/C47H35N3/c48-31-32-17-26-41-40(29-32)45-39(15-10-16-42(45)47(41)27-8-3-9-28-47)35-22-18-33(19-23-35)34-20-24-37(25-21-34)44-30-43(36-11-4-1-5-12-36)49-46(50-44)38-13-6-2-7-14-38/h1-2,4-7,10-26,29-30H,3,8-9,27-28H2. The number of fused-ring (bicyclic) bond motifs is 5. The molecule has 0 aliphatic heterocycles. The Morgan fingerprint density at radius 2 is 1.04 bits per heavy atom. The monoisotopic (exact) mass is 641 g/mol. The molecule has 7 aromatic rings. The van der Waals surface area contributed by atoms with Crippen molar-refractivity contribution in [3.63, 3.8) is 0 Å². The second-order valence-corrected chi connectivity index (χ2v) is 13.6. The van der Waals surface area contributed by atoms with Crippen LogP contribution < -0.4 is 0 Å². The lowest BCUT2D eigenvalue weighted by Gasteiger charge is -2.36. The predicted octanol–water partition coefficient (Wildman–Crippen LogP) is 11.9. The third kappa shape index (κ3) is 5.13. The SMILES string of the molecule is N#Cc1ccc2c(c1)-c1c(-c3ccc(-c4ccc(-c5cc(-c6ccccc6)nc(-c6ccccc6)n5)cc4)cc3)cccc1C21CCCCC1. The van der Waals surface area contributed by atoms with Crippen LogP contribution in [0.4, 0.5) is 0 Å². The van der Waals surface area contributed by atoms with Crippen LogP contribution in [-0.2, 0) is 5.41 Å². The van der Waals surface area contributed by atoms with Crippen LogP contribution in [0.2, 0.25) is 0 Å². The highest BCUT2D eigenvalue weighted by Crippen LogP contribution is 2.58. The first-order valence-corrected chi connectivity index (χ1v) is 17.6. The zero-order valence-corrected chi connectivity index (χ0v) is 27.8. The van der Waals surface area contributed by atoms with E-state index in [0.717, 1.165) is 45.0 Å². The molecule has 1 fully saturated rings. The molecule has 0 atom stereocenters. The smallest absolute Gasteiger partial charge is 0.160 e. The molecule has 0 unspecified atom stereocenters. The van der Waals surface area contributed by atoms with Crippen molar-refractivity contribution < 1.29 is 0 Å². The summed E-state index contributed by atoms with van der Waals surface area (Å²) < 4.78 is 0. The number of hydrogen-bond donors (Lipinski definition) is 0. The quantitative estimate of drug-likeness (QED) is 0.188. The fourth-order valence-corrected chi connectivity index (χ4v) is 8.30. The summed E-state index contributed by atoms with van der Waals surface area (Å²) in [4.78, 5) is 9.94. The van der Waals surface area contributed by atoms with Crippen molar-refractivity contribution in [1.82, 2.24) is 9.97 Å². The van der Waals surface area contributed by atoms with E-state index in [4.69, 9.17) is 9.97 Å². The molecule has 1 aromatic heterocycles. The maximum absolute atomic E-state index is 9.79. The lowest BCUT2D eigenvalue weighted by atomic mass is 9.67. The normalized spacial score (nSPS) is 14.1. The summed E-state index contributed by atoms with van der Waals surface area (Å²) in [5.74, 6) is 0.717. The van der Waals surface area contributed by atoms with Gasteiger partial charge in [-0.15, -0.1) is 0 Å². The molecule has 238 valence electrons. The maximum atomic E-state index is 9.79. The van der Waals surface area contributed by atoms with E-state index in [9.17, 15) is 5.26 Å². The zero-order chi connectivity index (χ0) is 33.5. The first kappa shape index (κ1) is 30.0. The number of rotatable bonds is 5. The summed E-state index contributed by atoms with van der Waals surface area (Å²) in [6, 6.07) is 55.8.